The van der Waals surface area contributed by atoms with Gasteiger partial charge < -0.3 is 15.0 Å². The lowest BCUT2D eigenvalue weighted by atomic mass is 9.97. The average Bonchev–Trinajstić information content (AvgIpc) is 3.17. The number of nitrogens with zero attached hydrogens (tertiary/aromatic N) is 4. The standard InChI is InChI=1S/C21H22FN5O3/c1-26-18(28)13-30-20(19(26)14-7-2-3-8-15(14)22)21(29)23-11-6-10-17-25-24-16-9-4-5-12-27(16)17/h2-5,7-9,12,19-20H,6,10-11,13H2,1H3,(H,23,29). The summed E-state index contributed by atoms with van der Waals surface area (Å²) in [5, 5.41) is 11.1. The number of carbonyl (C=O) groups is 2. The van der Waals surface area contributed by atoms with Gasteiger partial charge in [-0.15, -0.1) is 10.2 Å². The van der Waals surface area contributed by atoms with Crippen LogP contribution in [0.25, 0.3) is 5.65 Å². The van der Waals surface area contributed by atoms with E-state index in [-0.39, 0.29) is 24.0 Å². The van der Waals surface area contributed by atoms with Crippen molar-refractivity contribution >= 4 is 17.5 Å². The first-order valence-corrected chi connectivity index (χ1v) is 9.74. The number of aryl methyl sites for hydroxylation is 1. The Morgan fingerprint density at radius 3 is 2.87 bits per heavy atom. The van der Waals surface area contributed by atoms with E-state index in [4.69, 9.17) is 4.74 Å². The highest BCUT2D eigenvalue weighted by atomic mass is 19.1. The van der Waals surface area contributed by atoms with Crippen LogP contribution in [0.2, 0.25) is 0 Å². The van der Waals surface area contributed by atoms with Crippen LogP contribution in [0, 0.1) is 5.82 Å². The smallest absolute Gasteiger partial charge is 0.251 e. The number of hydrogen-bond donors (Lipinski definition) is 1. The normalized spacial score (nSPS) is 19.3. The van der Waals surface area contributed by atoms with Gasteiger partial charge in [0.25, 0.3) is 5.91 Å². The number of benzene rings is 1. The molecule has 156 valence electrons. The first-order chi connectivity index (χ1) is 14.6. The molecule has 8 nitrogen and oxygen atoms in total. The summed E-state index contributed by atoms with van der Waals surface area (Å²) in [6.07, 6.45) is 2.18. The van der Waals surface area contributed by atoms with E-state index in [2.05, 4.69) is 15.5 Å². The number of nitrogens with one attached hydrogen (secondary N) is 1. The summed E-state index contributed by atoms with van der Waals surface area (Å²) >= 11 is 0. The van der Waals surface area contributed by atoms with Crippen LogP contribution in [-0.4, -0.2) is 57.6 Å². The van der Waals surface area contributed by atoms with Crippen molar-refractivity contribution in [1.82, 2.24) is 24.8 Å². The summed E-state index contributed by atoms with van der Waals surface area (Å²) in [5.41, 5.74) is 1.02. The van der Waals surface area contributed by atoms with Gasteiger partial charge in [-0.3, -0.25) is 14.0 Å². The highest BCUT2D eigenvalue weighted by Crippen LogP contribution is 2.30. The van der Waals surface area contributed by atoms with Crippen molar-refractivity contribution in [3.63, 3.8) is 0 Å². The van der Waals surface area contributed by atoms with Crippen LogP contribution >= 0.6 is 0 Å². The maximum Gasteiger partial charge on any atom is 0.251 e. The molecule has 0 saturated carbocycles. The number of pyridine rings is 1. The Balaban J connectivity index is 1.40. The molecule has 3 heterocycles. The molecule has 1 aromatic carbocycles. The highest BCUT2D eigenvalue weighted by molar-refractivity contribution is 5.86. The number of rotatable bonds is 6. The van der Waals surface area contributed by atoms with Crippen molar-refractivity contribution in [2.45, 2.75) is 25.0 Å². The fraction of sp³-hybridized carbons (Fsp3) is 0.333. The zero-order chi connectivity index (χ0) is 21.1. The van der Waals surface area contributed by atoms with Crippen molar-refractivity contribution < 1.29 is 18.7 Å². The van der Waals surface area contributed by atoms with Gasteiger partial charge in [-0.05, 0) is 24.6 Å². The van der Waals surface area contributed by atoms with Crippen molar-refractivity contribution in [3.05, 3.63) is 65.9 Å². The zero-order valence-electron chi connectivity index (χ0n) is 16.5. The number of halogens is 1. The van der Waals surface area contributed by atoms with Crippen LogP contribution in [0.4, 0.5) is 4.39 Å². The van der Waals surface area contributed by atoms with Crippen molar-refractivity contribution in [1.29, 1.82) is 0 Å². The zero-order valence-corrected chi connectivity index (χ0v) is 16.5. The van der Waals surface area contributed by atoms with Gasteiger partial charge in [0.05, 0.1) is 6.04 Å². The molecule has 1 fully saturated rings. The third-order valence-electron chi connectivity index (χ3n) is 5.23. The second kappa shape index (κ2) is 8.58. The van der Waals surface area contributed by atoms with Gasteiger partial charge in [0.1, 0.15) is 18.2 Å². The van der Waals surface area contributed by atoms with Gasteiger partial charge in [0, 0.05) is 31.8 Å². The predicted molar refractivity (Wildman–Crippen MR) is 106 cm³/mol. The number of fused-ring (bicyclic) bond motifs is 1. The van der Waals surface area contributed by atoms with Crippen LogP contribution in [0.5, 0.6) is 0 Å². The maximum atomic E-state index is 14.4. The molecule has 0 spiro atoms. The lowest BCUT2D eigenvalue weighted by Crippen LogP contribution is -2.53. The SMILES string of the molecule is CN1C(=O)COC(C(=O)NCCCc2nnc3ccccn23)C1c1ccccc1F. The topological polar surface area (TPSA) is 88.8 Å². The Kier molecular flexibility index (Phi) is 5.71. The maximum absolute atomic E-state index is 14.4. The van der Waals surface area contributed by atoms with Crippen LogP contribution in [0.15, 0.2) is 48.7 Å². The molecule has 30 heavy (non-hydrogen) atoms. The van der Waals surface area contributed by atoms with E-state index in [1.54, 1.807) is 25.2 Å². The molecule has 1 aliphatic rings. The van der Waals surface area contributed by atoms with Crippen molar-refractivity contribution in [3.8, 4) is 0 Å². The first-order valence-electron chi connectivity index (χ1n) is 9.74. The molecule has 3 aromatic rings. The second-order valence-electron chi connectivity index (χ2n) is 7.14. The fourth-order valence-corrected chi connectivity index (χ4v) is 3.64. The van der Waals surface area contributed by atoms with Crippen LogP contribution in [-0.2, 0) is 20.7 Å². The molecule has 2 amide bonds. The summed E-state index contributed by atoms with van der Waals surface area (Å²) in [7, 11) is 1.55. The third kappa shape index (κ3) is 3.88. The van der Waals surface area contributed by atoms with Gasteiger partial charge >= 0.3 is 0 Å². The molecule has 1 N–H and O–H groups in total. The molecule has 2 atom stereocenters. The lowest BCUT2D eigenvalue weighted by molar-refractivity contribution is -0.162. The minimum atomic E-state index is -0.987. The van der Waals surface area contributed by atoms with E-state index in [1.807, 2.05) is 28.8 Å². The highest BCUT2D eigenvalue weighted by Gasteiger charge is 2.41. The van der Waals surface area contributed by atoms with Gasteiger partial charge in [0.15, 0.2) is 11.8 Å². The van der Waals surface area contributed by atoms with E-state index in [9.17, 15) is 14.0 Å². The molecule has 1 aliphatic heterocycles. The second-order valence-corrected chi connectivity index (χ2v) is 7.14. The molecule has 0 aliphatic carbocycles. The summed E-state index contributed by atoms with van der Waals surface area (Å²) in [6.45, 7) is 0.174. The Morgan fingerprint density at radius 1 is 1.23 bits per heavy atom. The number of likely N-dealkylation sites (N-methyl/N-ethyl adjacent to an activating group) is 1. The summed E-state index contributed by atoms with van der Waals surface area (Å²) in [4.78, 5) is 26.2. The number of aromatic nitrogens is 3. The summed E-state index contributed by atoms with van der Waals surface area (Å²) < 4.78 is 21.8. The Morgan fingerprint density at radius 2 is 2.03 bits per heavy atom. The molecule has 1 saturated heterocycles. The van der Waals surface area contributed by atoms with Gasteiger partial charge in [-0.1, -0.05) is 24.3 Å². The molecule has 9 heteroatoms. The van der Waals surface area contributed by atoms with Crippen molar-refractivity contribution in [2.75, 3.05) is 20.2 Å². The Bertz CT molecular complexity index is 1070. The van der Waals surface area contributed by atoms with E-state index in [1.165, 1.54) is 11.0 Å². The predicted octanol–water partition coefficient (Wildman–Crippen LogP) is 1.52. The lowest BCUT2D eigenvalue weighted by Gasteiger charge is -2.38. The Labute approximate surface area is 172 Å². The Hall–Kier alpha value is -3.33. The number of amides is 2. The third-order valence-corrected chi connectivity index (χ3v) is 5.23. The van der Waals surface area contributed by atoms with Crippen LogP contribution in [0.3, 0.4) is 0 Å². The molecule has 2 unspecified atom stereocenters. The number of hydrogen-bond acceptors (Lipinski definition) is 5. The molecular formula is C21H22FN5O3. The summed E-state index contributed by atoms with van der Waals surface area (Å²) in [6, 6.07) is 11.0. The molecule has 0 radical (unpaired) electrons. The number of ether oxygens (including phenoxy) is 1. The van der Waals surface area contributed by atoms with Gasteiger partial charge in [-0.25, -0.2) is 4.39 Å². The molecule has 0 bridgehead atoms. The quantitative estimate of drug-likeness (QED) is 0.622. The van der Waals surface area contributed by atoms with Crippen LogP contribution < -0.4 is 5.32 Å². The molecular weight excluding hydrogens is 389 g/mol. The average molecular weight is 411 g/mol. The first kappa shape index (κ1) is 20.0. The monoisotopic (exact) mass is 411 g/mol. The largest absolute Gasteiger partial charge is 0.356 e. The van der Waals surface area contributed by atoms with E-state index in [0.29, 0.717) is 19.4 Å². The van der Waals surface area contributed by atoms with Crippen molar-refractivity contribution in [2.24, 2.45) is 0 Å². The minimum absolute atomic E-state index is 0.217. The summed E-state index contributed by atoms with van der Waals surface area (Å²) in [5.74, 6) is -0.354. The molecule has 4 rings (SSSR count). The molecule has 2 aromatic heterocycles. The van der Waals surface area contributed by atoms with E-state index >= 15 is 0 Å². The minimum Gasteiger partial charge on any atom is -0.356 e. The number of carbonyl (C=O) groups excluding carboxylic acids is 2. The fourth-order valence-electron chi connectivity index (χ4n) is 3.64. The number of morpholine rings is 1. The van der Waals surface area contributed by atoms with Gasteiger partial charge in [-0.2, -0.15) is 0 Å². The van der Waals surface area contributed by atoms with Crippen LogP contribution in [0.1, 0.15) is 23.9 Å². The van der Waals surface area contributed by atoms with E-state index in [0.717, 1.165) is 11.5 Å². The van der Waals surface area contributed by atoms with Gasteiger partial charge in [0.2, 0.25) is 5.91 Å². The van der Waals surface area contributed by atoms with E-state index < -0.39 is 18.0 Å².